The molecular weight excluding hydrogens is 429 g/mol. The third-order valence-corrected chi connectivity index (χ3v) is 4.62. The van der Waals surface area contributed by atoms with Crippen LogP contribution in [-0.4, -0.2) is 51.1 Å². The molecule has 0 bridgehead atoms. The Morgan fingerprint density at radius 2 is 1.44 bits per heavy atom. The van der Waals surface area contributed by atoms with E-state index in [-0.39, 0.29) is 25.1 Å². The van der Waals surface area contributed by atoms with Gasteiger partial charge < -0.3 is 19.5 Å². The highest BCUT2D eigenvalue weighted by Crippen LogP contribution is 2.30. The Bertz CT molecular complexity index is 901. The van der Waals surface area contributed by atoms with Crippen LogP contribution in [0.5, 0.6) is 11.5 Å². The molecule has 2 rings (SSSR count). The van der Waals surface area contributed by atoms with Gasteiger partial charge in [-0.15, -0.1) is 0 Å². The van der Waals surface area contributed by atoms with Crippen LogP contribution in [0.25, 0.3) is 0 Å². The summed E-state index contributed by atoms with van der Waals surface area (Å²) in [5.74, 6) is -1.73. The van der Waals surface area contributed by atoms with Crippen molar-refractivity contribution in [2.45, 2.75) is 25.2 Å². The molecule has 7 nitrogen and oxygen atoms in total. The van der Waals surface area contributed by atoms with Crippen LogP contribution in [0.15, 0.2) is 48.5 Å². The molecule has 1 atom stereocenters. The number of hydrogen-bond donors (Lipinski definition) is 2. The number of rotatable bonds is 10. The molecule has 1 amide bonds. The van der Waals surface area contributed by atoms with E-state index in [1.807, 2.05) is 0 Å². The van der Waals surface area contributed by atoms with Crippen molar-refractivity contribution in [1.29, 1.82) is 0 Å². The second kappa shape index (κ2) is 10.9. The van der Waals surface area contributed by atoms with Crippen molar-refractivity contribution < 1.29 is 37.0 Å². The van der Waals surface area contributed by atoms with Crippen LogP contribution in [0.3, 0.4) is 0 Å². The molecule has 0 radical (unpaired) electrons. The number of esters is 1. The molecule has 2 aromatic carbocycles. The molecule has 1 unspecified atom stereocenters. The molecule has 0 fully saturated rings. The Balaban J connectivity index is 2.27. The van der Waals surface area contributed by atoms with Crippen molar-refractivity contribution in [3.63, 3.8) is 0 Å². The largest absolute Gasteiger partial charge is 0.497 e. The van der Waals surface area contributed by atoms with E-state index in [4.69, 9.17) is 9.47 Å². The molecular formula is C22H25F3N2O5. The van der Waals surface area contributed by atoms with E-state index >= 15 is 0 Å². The highest BCUT2D eigenvalue weighted by Gasteiger charge is 2.63. The molecule has 0 aromatic heterocycles. The summed E-state index contributed by atoms with van der Waals surface area (Å²) in [5.41, 5.74) is -2.80. The van der Waals surface area contributed by atoms with Gasteiger partial charge in [0.05, 0.1) is 20.8 Å². The predicted molar refractivity (Wildman–Crippen MR) is 111 cm³/mol. The minimum absolute atomic E-state index is 0.0827. The van der Waals surface area contributed by atoms with Gasteiger partial charge in [0.1, 0.15) is 11.5 Å². The van der Waals surface area contributed by atoms with Crippen molar-refractivity contribution in [1.82, 2.24) is 10.6 Å². The average molecular weight is 454 g/mol. The smallest absolute Gasteiger partial charge is 0.436 e. The van der Waals surface area contributed by atoms with E-state index in [1.165, 1.54) is 45.4 Å². The van der Waals surface area contributed by atoms with Crippen LogP contribution in [0, 0.1) is 0 Å². The van der Waals surface area contributed by atoms with E-state index in [0.717, 1.165) is 0 Å². The van der Waals surface area contributed by atoms with Crippen molar-refractivity contribution in [2.24, 2.45) is 0 Å². The fraction of sp³-hybridized carbons (Fsp3) is 0.364. The first-order valence-electron chi connectivity index (χ1n) is 9.75. The lowest BCUT2D eigenvalue weighted by atomic mass is 10.1. The molecule has 10 heteroatoms. The predicted octanol–water partition coefficient (Wildman–Crippen LogP) is 3.09. The third-order valence-electron chi connectivity index (χ3n) is 4.62. The topological polar surface area (TPSA) is 85.9 Å². The van der Waals surface area contributed by atoms with Crippen molar-refractivity contribution in [3.05, 3.63) is 59.7 Å². The van der Waals surface area contributed by atoms with Crippen LogP contribution < -0.4 is 20.1 Å². The van der Waals surface area contributed by atoms with Gasteiger partial charge in [0.2, 0.25) is 0 Å². The number of alkyl halides is 3. The zero-order valence-corrected chi connectivity index (χ0v) is 17.9. The number of amides is 1. The van der Waals surface area contributed by atoms with Crippen LogP contribution in [-0.2, 0) is 16.0 Å². The molecule has 0 heterocycles. The monoisotopic (exact) mass is 454 g/mol. The zero-order chi connectivity index (χ0) is 23.8. The minimum atomic E-state index is -5.18. The quantitative estimate of drug-likeness (QED) is 0.424. The zero-order valence-electron chi connectivity index (χ0n) is 17.9. The molecule has 0 aliphatic carbocycles. The molecule has 0 aliphatic heterocycles. The number of methoxy groups -OCH3 is 2. The molecule has 0 aliphatic rings. The summed E-state index contributed by atoms with van der Waals surface area (Å²) in [6.45, 7) is 0.810. The first-order chi connectivity index (χ1) is 15.2. The summed E-state index contributed by atoms with van der Waals surface area (Å²) in [6, 6.07) is 12.1. The van der Waals surface area contributed by atoms with Crippen LogP contribution in [0.2, 0.25) is 0 Å². The summed E-state index contributed by atoms with van der Waals surface area (Å²) in [5, 5.41) is 3.97. The standard InChI is InChI=1S/C22H25F3N2O5/c1-4-32-20(29)21(22(23,24)25,26-14-13-15-5-9-17(30-2)10-6-15)27-19(28)16-7-11-18(31-3)12-8-16/h5-12,26H,4,13-14H2,1-3H3,(H,27,28). The number of benzene rings is 2. The van der Waals surface area contributed by atoms with Gasteiger partial charge in [-0.2, -0.15) is 13.2 Å². The lowest BCUT2D eigenvalue weighted by Gasteiger charge is -2.35. The van der Waals surface area contributed by atoms with Gasteiger partial charge in [-0.3, -0.25) is 10.1 Å². The van der Waals surface area contributed by atoms with Crippen molar-refractivity contribution in [3.8, 4) is 11.5 Å². The number of ether oxygens (including phenoxy) is 3. The number of halogens is 3. The summed E-state index contributed by atoms with van der Waals surface area (Å²) >= 11 is 0. The lowest BCUT2D eigenvalue weighted by Crippen LogP contribution is -2.73. The van der Waals surface area contributed by atoms with E-state index in [1.54, 1.807) is 29.6 Å². The molecule has 32 heavy (non-hydrogen) atoms. The molecule has 0 spiro atoms. The van der Waals surface area contributed by atoms with E-state index < -0.39 is 23.7 Å². The van der Waals surface area contributed by atoms with Gasteiger partial charge in [0, 0.05) is 12.1 Å². The van der Waals surface area contributed by atoms with Crippen LogP contribution in [0.1, 0.15) is 22.8 Å². The van der Waals surface area contributed by atoms with E-state index in [9.17, 15) is 22.8 Å². The Morgan fingerprint density at radius 1 is 0.906 bits per heavy atom. The number of carbonyl (C=O) groups excluding carboxylic acids is 2. The summed E-state index contributed by atoms with van der Waals surface area (Å²) in [6.07, 6.45) is -5.03. The van der Waals surface area contributed by atoms with Crippen molar-refractivity contribution >= 4 is 11.9 Å². The van der Waals surface area contributed by atoms with Gasteiger partial charge in [0.25, 0.3) is 11.6 Å². The van der Waals surface area contributed by atoms with E-state index in [2.05, 4.69) is 10.1 Å². The maximum atomic E-state index is 14.2. The molecule has 0 saturated heterocycles. The maximum absolute atomic E-state index is 14.2. The molecule has 2 N–H and O–H groups in total. The highest BCUT2D eigenvalue weighted by molar-refractivity contribution is 5.98. The third kappa shape index (κ3) is 5.91. The van der Waals surface area contributed by atoms with Gasteiger partial charge in [-0.25, -0.2) is 4.79 Å². The van der Waals surface area contributed by atoms with Gasteiger partial charge in [-0.05, 0) is 55.3 Å². The second-order valence-electron chi connectivity index (χ2n) is 6.68. The molecule has 0 saturated carbocycles. The molecule has 174 valence electrons. The van der Waals surface area contributed by atoms with Crippen LogP contribution in [0.4, 0.5) is 13.2 Å². The maximum Gasteiger partial charge on any atom is 0.436 e. The number of hydrogen-bond acceptors (Lipinski definition) is 6. The Hall–Kier alpha value is -3.27. The van der Waals surface area contributed by atoms with E-state index in [0.29, 0.717) is 17.1 Å². The highest BCUT2D eigenvalue weighted by atomic mass is 19.4. The first-order valence-corrected chi connectivity index (χ1v) is 9.75. The number of carbonyl (C=O) groups is 2. The fourth-order valence-electron chi connectivity index (χ4n) is 2.86. The Kier molecular flexibility index (Phi) is 8.48. The molecule has 2 aromatic rings. The normalized spacial score (nSPS) is 13.1. The Morgan fingerprint density at radius 3 is 1.91 bits per heavy atom. The van der Waals surface area contributed by atoms with Gasteiger partial charge >= 0.3 is 12.1 Å². The lowest BCUT2D eigenvalue weighted by molar-refractivity contribution is -0.218. The fourth-order valence-corrected chi connectivity index (χ4v) is 2.86. The summed E-state index contributed by atoms with van der Waals surface area (Å²) in [7, 11) is 2.91. The SMILES string of the molecule is CCOC(=O)C(NCCc1ccc(OC)cc1)(NC(=O)c1ccc(OC)cc1)C(F)(F)F. The summed E-state index contributed by atoms with van der Waals surface area (Å²) < 4.78 is 57.2. The Labute approximate surface area is 183 Å². The average Bonchev–Trinajstić information content (AvgIpc) is 2.78. The summed E-state index contributed by atoms with van der Waals surface area (Å²) in [4.78, 5) is 25.1. The van der Waals surface area contributed by atoms with Gasteiger partial charge in [-0.1, -0.05) is 12.1 Å². The minimum Gasteiger partial charge on any atom is -0.497 e. The van der Waals surface area contributed by atoms with Crippen molar-refractivity contribution in [2.75, 3.05) is 27.4 Å². The van der Waals surface area contributed by atoms with Gasteiger partial charge in [0.15, 0.2) is 0 Å². The first kappa shape index (κ1) is 25.0. The number of nitrogens with one attached hydrogen (secondary N) is 2. The second-order valence-corrected chi connectivity index (χ2v) is 6.68. The van der Waals surface area contributed by atoms with Crippen LogP contribution >= 0.6 is 0 Å².